The zero-order chi connectivity index (χ0) is 14.3. The van der Waals surface area contributed by atoms with E-state index in [1.807, 2.05) is 0 Å². The lowest BCUT2D eigenvalue weighted by Crippen LogP contribution is -2.38. The molecule has 0 spiro atoms. The van der Waals surface area contributed by atoms with Crippen LogP contribution in [0.3, 0.4) is 0 Å². The number of halogens is 3. The smallest absolute Gasteiger partial charge is 0.343 e. The van der Waals surface area contributed by atoms with Gasteiger partial charge in [0.2, 0.25) is 5.82 Å². The Kier molecular flexibility index (Phi) is 2.73. The maximum absolute atomic E-state index is 12.7. The van der Waals surface area contributed by atoms with Crippen molar-refractivity contribution in [1.29, 1.82) is 0 Å². The first-order chi connectivity index (χ1) is 9.47. The number of aromatic amines is 1. The third kappa shape index (κ3) is 2.02. The van der Waals surface area contributed by atoms with Gasteiger partial charge in [-0.2, -0.15) is 13.2 Å². The maximum Gasteiger partial charge on any atom is 0.451 e. The van der Waals surface area contributed by atoms with Gasteiger partial charge in [0, 0.05) is 25.5 Å². The van der Waals surface area contributed by atoms with Crippen LogP contribution in [0.4, 0.5) is 19.0 Å². The summed E-state index contributed by atoms with van der Waals surface area (Å²) >= 11 is 0. The van der Waals surface area contributed by atoms with Crippen molar-refractivity contribution in [2.45, 2.75) is 19.3 Å². The SMILES string of the molecule is O=c1[nH]ccnc1N1CCn2c(nnc2C(F)(F)F)C1. The van der Waals surface area contributed by atoms with Gasteiger partial charge in [-0.05, 0) is 0 Å². The first-order valence-corrected chi connectivity index (χ1v) is 5.75. The molecule has 0 atom stereocenters. The standard InChI is InChI=1S/C10H9F3N6O/c11-10(12,13)9-17-16-6-5-18(3-4-19(6)9)7-8(20)15-2-1-14-7/h1-2H,3-5H2,(H,15,20). The van der Waals surface area contributed by atoms with E-state index < -0.39 is 17.6 Å². The van der Waals surface area contributed by atoms with Crippen molar-refractivity contribution in [3.8, 4) is 0 Å². The molecule has 20 heavy (non-hydrogen) atoms. The molecule has 1 aliphatic heterocycles. The number of nitrogens with zero attached hydrogens (tertiary/aromatic N) is 5. The summed E-state index contributed by atoms with van der Waals surface area (Å²) in [5, 5.41) is 6.71. The predicted octanol–water partition coefficient (Wildman–Crippen LogP) is 0.400. The van der Waals surface area contributed by atoms with E-state index in [0.717, 1.165) is 4.57 Å². The molecular formula is C10H9F3N6O. The molecule has 3 heterocycles. The van der Waals surface area contributed by atoms with Crippen molar-refractivity contribution in [3.05, 3.63) is 34.4 Å². The van der Waals surface area contributed by atoms with Gasteiger partial charge in [0.05, 0.1) is 6.54 Å². The Morgan fingerprint density at radius 1 is 1.25 bits per heavy atom. The topological polar surface area (TPSA) is 79.7 Å². The summed E-state index contributed by atoms with van der Waals surface area (Å²) in [5.41, 5.74) is -0.392. The van der Waals surface area contributed by atoms with Gasteiger partial charge in [0.15, 0.2) is 11.6 Å². The lowest BCUT2D eigenvalue weighted by molar-refractivity contribution is -0.147. The number of hydrogen-bond acceptors (Lipinski definition) is 5. The molecule has 0 saturated heterocycles. The highest BCUT2D eigenvalue weighted by Gasteiger charge is 2.39. The highest BCUT2D eigenvalue weighted by atomic mass is 19.4. The van der Waals surface area contributed by atoms with Crippen LogP contribution in [0.2, 0.25) is 0 Å². The molecule has 0 unspecified atom stereocenters. The molecule has 0 bridgehead atoms. The van der Waals surface area contributed by atoms with E-state index in [9.17, 15) is 18.0 Å². The normalized spacial score (nSPS) is 15.2. The number of H-pyrrole nitrogens is 1. The van der Waals surface area contributed by atoms with Crippen molar-refractivity contribution in [1.82, 2.24) is 24.7 Å². The maximum atomic E-state index is 12.7. The predicted molar refractivity (Wildman–Crippen MR) is 60.9 cm³/mol. The number of rotatable bonds is 1. The summed E-state index contributed by atoms with van der Waals surface area (Å²) in [6.07, 6.45) is -1.73. The minimum absolute atomic E-state index is 0.0488. The Morgan fingerprint density at radius 3 is 2.75 bits per heavy atom. The van der Waals surface area contributed by atoms with Crippen LogP contribution < -0.4 is 10.5 Å². The molecule has 0 fully saturated rings. The Hall–Kier alpha value is -2.39. The highest BCUT2D eigenvalue weighted by Crippen LogP contribution is 2.29. The average Bonchev–Trinajstić information content (AvgIpc) is 2.82. The van der Waals surface area contributed by atoms with Crippen molar-refractivity contribution in [3.63, 3.8) is 0 Å². The largest absolute Gasteiger partial charge is 0.451 e. The van der Waals surface area contributed by atoms with E-state index in [2.05, 4.69) is 20.2 Å². The fraction of sp³-hybridized carbons (Fsp3) is 0.400. The Labute approximate surface area is 110 Å². The second-order valence-electron chi connectivity index (χ2n) is 4.25. The molecule has 1 N–H and O–H groups in total. The molecule has 106 valence electrons. The quantitative estimate of drug-likeness (QED) is 0.821. The lowest BCUT2D eigenvalue weighted by atomic mass is 10.3. The van der Waals surface area contributed by atoms with E-state index >= 15 is 0 Å². The summed E-state index contributed by atoms with van der Waals surface area (Å²) in [6, 6.07) is 0. The zero-order valence-corrected chi connectivity index (χ0v) is 10.1. The molecular weight excluding hydrogens is 277 g/mol. The van der Waals surface area contributed by atoms with Gasteiger partial charge in [-0.3, -0.25) is 4.79 Å². The first-order valence-electron chi connectivity index (χ1n) is 5.75. The van der Waals surface area contributed by atoms with E-state index in [4.69, 9.17) is 0 Å². The molecule has 1 aliphatic rings. The monoisotopic (exact) mass is 286 g/mol. The summed E-state index contributed by atoms with van der Waals surface area (Å²) < 4.78 is 39.1. The van der Waals surface area contributed by atoms with E-state index in [1.54, 1.807) is 4.90 Å². The molecule has 7 nitrogen and oxygen atoms in total. The summed E-state index contributed by atoms with van der Waals surface area (Å²) in [6.45, 7) is 0.338. The van der Waals surface area contributed by atoms with Crippen LogP contribution in [0.25, 0.3) is 0 Å². The summed E-state index contributed by atoms with van der Waals surface area (Å²) in [7, 11) is 0. The third-order valence-corrected chi connectivity index (χ3v) is 3.00. The molecule has 10 heteroatoms. The Balaban J connectivity index is 1.93. The number of aromatic nitrogens is 5. The van der Waals surface area contributed by atoms with Crippen LogP contribution in [-0.2, 0) is 19.3 Å². The van der Waals surface area contributed by atoms with Crippen LogP contribution in [0.15, 0.2) is 17.2 Å². The fourth-order valence-corrected chi connectivity index (χ4v) is 2.12. The zero-order valence-electron chi connectivity index (χ0n) is 10.1. The molecule has 3 rings (SSSR count). The van der Waals surface area contributed by atoms with Crippen LogP contribution in [0, 0.1) is 0 Å². The molecule has 0 aliphatic carbocycles. The van der Waals surface area contributed by atoms with Gasteiger partial charge < -0.3 is 14.5 Å². The third-order valence-electron chi connectivity index (χ3n) is 3.00. The number of anilines is 1. The number of alkyl halides is 3. The van der Waals surface area contributed by atoms with Gasteiger partial charge in [0.25, 0.3) is 5.56 Å². The van der Waals surface area contributed by atoms with Gasteiger partial charge in [-0.1, -0.05) is 0 Å². The van der Waals surface area contributed by atoms with E-state index in [-0.39, 0.29) is 31.3 Å². The van der Waals surface area contributed by atoms with Gasteiger partial charge in [-0.25, -0.2) is 4.98 Å². The van der Waals surface area contributed by atoms with Crippen molar-refractivity contribution < 1.29 is 13.2 Å². The molecule has 0 aromatic carbocycles. The van der Waals surface area contributed by atoms with Crippen molar-refractivity contribution in [2.75, 3.05) is 11.4 Å². The molecule has 2 aromatic heterocycles. The minimum atomic E-state index is -4.53. The lowest BCUT2D eigenvalue weighted by Gasteiger charge is -2.27. The summed E-state index contributed by atoms with van der Waals surface area (Å²) in [5.74, 6) is -0.689. The Morgan fingerprint density at radius 2 is 2.05 bits per heavy atom. The van der Waals surface area contributed by atoms with Crippen LogP contribution in [0.5, 0.6) is 0 Å². The molecule has 2 aromatic rings. The van der Waals surface area contributed by atoms with Gasteiger partial charge in [-0.15, -0.1) is 10.2 Å². The van der Waals surface area contributed by atoms with Crippen LogP contribution in [-0.4, -0.2) is 31.3 Å². The fourth-order valence-electron chi connectivity index (χ4n) is 2.12. The summed E-state index contributed by atoms with van der Waals surface area (Å²) in [4.78, 5) is 19.6. The van der Waals surface area contributed by atoms with E-state index in [0.29, 0.717) is 0 Å². The molecule has 0 saturated carbocycles. The Bertz CT molecular complexity index is 691. The number of nitrogens with one attached hydrogen (secondary N) is 1. The van der Waals surface area contributed by atoms with Gasteiger partial charge in [0.1, 0.15) is 0 Å². The highest BCUT2D eigenvalue weighted by molar-refractivity contribution is 5.36. The van der Waals surface area contributed by atoms with Crippen LogP contribution >= 0.6 is 0 Å². The van der Waals surface area contributed by atoms with Crippen molar-refractivity contribution in [2.24, 2.45) is 0 Å². The van der Waals surface area contributed by atoms with Crippen LogP contribution in [0.1, 0.15) is 11.6 Å². The number of fused-ring (bicyclic) bond motifs is 1. The molecule has 0 amide bonds. The second kappa shape index (κ2) is 4.32. The average molecular weight is 286 g/mol. The molecule has 0 radical (unpaired) electrons. The van der Waals surface area contributed by atoms with Crippen molar-refractivity contribution >= 4 is 5.82 Å². The van der Waals surface area contributed by atoms with E-state index in [1.165, 1.54) is 12.4 Å². The number of hydrogen-bond donors (Lipinski definition) is 1. The van der Waals surface area contributed by atoms with Gasteiger partial charge >= 0.3 is 6.18 Å². The minimum Gasteiger partial charge on any atom is -0.343 e. The second-order valence-corrected chi connectivity index (χ2v) is 4.25. The first kappa shape index (κ1) is 12.6.